The second-order valence-corrected chi connectivity index (χ2v) is 5.73. The Morgan fingerprint density at radius 2 is 1.94 bits per heavy atom. The molecule has 0 heterocycles. The fourth-order valence-corrected chi connectivity index (χ4v) is 2.17. The molecule has 0 aliphatic rings. The Labute approximate surface area is 109 Å². The standard InChI is InChI=1S/C15H23NO2/c1-11-6-7-13(12(2)8-11)14(17)9-16(5)10-15(3,4)18/h6-8,18H,9-10H2,1-5H3. The smallest absolute Gasteiger partial charge is 0.177 e. The van der Waals surface area contributed by atoms with E-state index < -0.39 is 5.60 Å². The third-order valence-corrected chi connectivity index (χ3v) is 2.75. The molecule has 0 fully saturated rings. The van der Waals surface area contributed by atoms with E-state index in [1.165, 1.54) is 0 Å². The van der Waals surface area contributed by atoms with E-state index in [4.69, 9.17) is 0 Å². The van der Waals surface area contributed by atoms with Gasteiger partial charge >= 0.3 is 0 Å². The molecule has 100 valence electrons. The number of nitrogens with zero attached hydrogens (tertiary/aromatic N) is 1. The van der Waals surface area contributed by atoms with Crippen molar-refractivity contribution >= 4 is 5.78 Å². The minimum Gasteiger partial charge on any atom is -0.389 e. The average molecular weight is 249 g/mol. The van der Waals surface area contributed by atoms with Gasteiger partial charge in [0.25, 0.3) is 0 Å². The highest BCUT2D eigenvalue weighted by molar-refractivity contribution is 5.98. The molecule has 0 unspecified atom stereocenters. The third-order valence-electron chi connectivity index (χ3n) is 2.75. The Balaban J connectivity index is 2.71. The molecule has 1 rings (SSSR count). The number of hydrogen-bond acceptors (Lipinski definition) is 3. The van der Waals surface area contributed by atoms with E-state index >= 15 is 0 Å². The van der Waals surface area contributed by atoms with E-state index in [-0.39, 0.29) is 5.78 Å². The number of likely N-dealkylation sites (N-methyl/N-ethyl adjacent to an activating group) is 1. The summed E-state index contributed by atoms with van der Waals surface area (Å²) in [4.78, 5) is 14.0. The van der Waals surface area contributed by atoms with Gasteiger partial charge in [-0.3, -0.25) is 9.69 Å². The fraction of sp³-hybridized carbons (Fsp3) is 0.533. The van der Waals surface area contributed by atoms with Crippen LogP contribution in [0.3, 0.4) is 0 Å². The van der Waals surface area contributed by atoms with Crippen LogP contribution in [0, 0.1) is 13.8 Å². The molecule has 0 aromatic heterocycles. The van der Waals surface area contributed by atoms with Crippen molar-refractivity contribution in [2.45, 2.75) is 33.3 Å². The van der Waals surface area contributed by atoms with Crippen LogP contribution in [0.2, 0.25) is 0 Å². The van der Waals surface area contributed by atoms with Crippen LogP contribution in [-0.4, -0.2) is 41.5 Å². The minimum atomic E-state index is -0.780. The minimum absolute atomic E-state index is 0.0965. The van der Waals surface area contributed by atoms with Crippen LogP contribution in [-0.2, 0) is 0 Å². The predicted octanol–water partition coefficient (Wildman–Crippen LogP) is 2.19. The molecule has 0 aliphatic heterocycles. The fourth-order valence-electron chi connectivity index (χ4n) is 2.17. The Morgan fingerprint density at radius 3 is 2.44 bits per heavy atom. The van der Waals surface area contributed by atoms with Gasteiger partial charge in [0.05, 0.1) is 12.1 Å². The molecular formula is C15H23NO2. The molecular weight excluding hydrogens is 226 g/mol. The Morgan fingerprint density at radius 1 is 1.33 bits per heavy atom. The number of aliphatic hydroxyl groups is 1. The first-order chi connectivity index (χ1) is 8.19. The zero-order chi connectivity index (χ0) is 13.9. The quantitative estimate of drug-likeness (QED) is 0.813. The second-order valence-electron chi connectivity index (χ2n) is 5.73. The predicted molar refractivity (Wildman–Crippen MR) is 74.0 cm³/mol. The Kier molecular flexibility index (Phi) is 4.65. The Bertz CT molecular complexity index is 433. The van der Waals surface area contributed by atoms with Gasteiger partial charge in [-0.25, -0.2) is 0 Å². The zero-order valence-electron chi connectivity index (χ0n) is 11.9. The number of Topliss-reactive ketones (excluding diaryl/α,β-unsaturated/α-hetero) is 1. The van der Waals surface area contributed by atoms with Crippen molar-refractivity contribution in [2.24, 2.45) is 0 Å². The number of ketones is 1. The van der Waals surface area contributed by atoms with Crippen molar-refractivity contribution < 1.29 is 9.90 Å². The molecule has 1 N–H and O–H groups in total. The third kappa shape index (κ3) is 4.59. The molecule has 0 aliphatic carbocycles. The van der Waals surface area contributed by atoms with Gasteiger partial charge in [0.2, 0.25) is 0 Å². The lowest BCUT2D eigenvalue weighted by molar-refractivity contribution is 0.0439. The normalized spacial score (nSPS) is 11.9. The van der Waals surface area contributed by atoms with Crippen LogP contribution in [0.1, 0.15) is 35.3 Å². The van der Waals surface area contributed by atoms with Gasteiger partial charge in [-0.15, -0.1) is 0 Å². The van der Waals surface area contributed by atoms with Gasteiger partial charge in [-0.1, -0.05) is 23.8 Å². The number of carbonyl (C=O) groups excluding carboxylic acids is 1. The van der Waals surface area contributed by atoms with Gasteiger partial charge in [0, 0.05) is 12.1 Å². The summed E-state index contributed by atoms with van der Waals surface area (Å²) in [6.45, 7) is 8.26. The summed E-state index contributed by atoms with van der Waals surface area (Å²) in [6, 6.07) is 5.85. The van der Waals surface area contributed by atoms with Crippen molar-refractivity contribution in [3.63, 3.8) is 0 Å². The van der Waals surface area contributed by atoms with Crippen molar-refractivity contribution in [2.75, 3.05) is 20.1 Å². The molecule has 0 amide bonds. The van der Waals surface area contributed by atoms with Crippen LogP contribution < -0.4 is 0 Å². The van der Waals surface area contributed by atoms with Crippen molar-refractivity contribution in [3.05, 3.63) is 34.9 Å². The molecule has 0 saturated carbocycles. The highest BCUT2D eigenvalue weighted by Gasteiger charge is 2.18. The maximum atomic E-state index is 12.1. The topological polar surface area (TPSA) is 40.5 Å². The summed E-state index contributed by atoms with van der Waals surface area (Å²) in [7, 11) is 1.85. The molecule has 0 radical (unpaired) electrons. The summed E-state index contributed by atoms with van der Waals surface area (Å²) in [5, 5.41) is 9.71. The van der Waals surface area contributed by atoms with Crippen molar-refractivity contribution in [1.82, 2.24) is 4.90 Å². The van der Waals surface area contributed by atoms with Gasteiger partial charge in [0.1, 0.15) is 0 Å². The first-order valence-corrected chi connectivity index (χ1v) is 6.20. The number of hydrogen-bond donors (Lipinski definition) is 1. The lowest BCUT2D eigenvalue weighted by atomic mass is 10.0. The lowest BCUT2D eigenvalue weighted by Gasteiger charge is -2.25. The summed E-state index contributed by atoms with van der Waals surface area (Å²) >= 11 is 0. The van der Waals surface area contributed by atoms with E-state index in [0.717, 1.165) is 16.7 Å². The molecule has 1 aromatic rings. The summed E-state index contributed by atoms with van der Waals surface area (Å²) in [5.41, 5.74) is 2.16. The molecule has 3 heteroatoms. The largest absolute Gasteiger partial charge is 0.389 e. The maximum Gasteiger partial charge on any atom is 0.177 e. The van der Waals surface area contributed by atoms with Crippen LogP contribution in [0.5, 0.6) is 0 Å². The van der Waals surface area contributed by atoms with Gasteiger partial charge in [-0.05, 0) is 40.3 Å². The van der Waals surface area contributed by atoms with Gasteiger partial charge in [-0.2, -0.15) is 0 Å². The van der Waals surface area contributed by atoms with Crippen LogP contribution in [0.25, 0.3) is 0 Å². The van der Waals surface area contributed by atoms with E-state index in [2.05, 4.69) is 0 Å². The van der Waals surface area contributed by atoms with Crippen LogP contribution in [0.15, 0.2) is 18.2 Å². The van der Waals surface area contributed by atoms with Gasteiger partial charge in [0.15, 0.2) is 5.78 Å². The summed E-state index contributed by atoms with van der Waals surface area (Å²) in [6.07, 6.45) is 0. The Hall–Kier alpha value is -1.19. The summed E-state index contributed by atoms with van der Waals surface area (Å²) < 4.78 is 0. The maximum absolute atomic E-state index is 12.1. The number of benzene rings is 1. The first kappa shape index (κ1) is 14.9. The number of carbonyl (C=O) groups is 1. The first-order valence-electron chi connectivity index (χ1n) is 6.20. The highest BCUT2D eigenvalue weighted by atomic mass is 16.3. The molecule has 0 spiro atoms. The van der Waals surface area contributed by atoms with Crippen molar-refractivity contribution in [1.29, 1.82) is 0 Å². The molecule has 0 atom stereocenters. The van der Waals surface area contributed by atoms with Crippen LogP contribution in [0.4, 0.5) is 0 Å². The summed E-state index contributed by atoms with van der Waals surface area (Å²) in [5.74, 6) is 0.0965. The molecule has 0 bridgehead atoms. The van der Waals surface area contributed by atoms with E-state index in [1.807, 2.05) is 44.0 Å². The zero-order valence-corrected chi connectivity index (χ0v) is 11.9. The molecule has 0 saturated heterocycles. The number of rotatable bonds is 5. The van der Waals surface area contributed by atoms with Crippen molar-refractivity contribution in [3.8, 4) is 0 Å². The van der Waals surface area contributed by atoms with Gasteiger partial charge < -0.3 is 5.11 Å². The van der Waals surface area contributed by atoms with Crippen LogP contribution >= 0.6 is 0 Å². The number of aryl methyl sites for hydroxylation is 2. The second kappa shape index (κ2) is 5.63. The molecule has 1 aromatic carbocycles. The van der Waals surface area contributed by atoms with E-state index in [9.17, 15) is 9.90 Å². The highest BCUT2D eigenvalue weighted by Crippen LogP contribution is 2.12. The SMILES string of the molecule is Cc1ccc(C(=O)CN(C)CC(C)(C)O)c(C)c1. The van der Waals surface area contributed by atoms with E-state index in [1.54, 1.807) is 13.8 Å². The lowest BCUT2D eigenvalue weighted by Crippen LogP contribution is -2.38. The average Bonchev–Trinajstić information content (AvgIpc) is 2.13. The molecule has 18 heavy (non-hydrogen) atoms. The monoisotopic (exact) mass is 249 g/mol. The molecule has 3 nitrogen and oxygen atoms in total. The van der Waals surface area contributed by atoms with E-state index in [0.29, 0.717) is 13.1 Å².